The minimum Gasteiger partial charge on any atom is -0.326 e. The number of nitrogens with one attached hydrogen (secondary N) is 1. The van der Waals surface area contributed by atoms with Gasteiger partial charge >= 0.3 is 0 Å². The van der Waals surface area contributed by atoms with E-state index in [9.17, 15) is 18.8 Å². The number of quaternary nitrogens is 1. The molecular weight excluding hydrogens is 393 g/mol. The number of carbonyl (C=O) groups excluding carboxylic acids is 3. The molecule has 0 bridgehead atoms. The smallest absolute Gasteiger partial charge is 0.291 e. The number of nitrogens with zero attached hydrogens (tertiary/aromatic N) is 1. The summed E-state index contributed by atoms with van der Waals surface area (Å²) in [7, 11) is 0. The largest absolute Gasteiger partial charge is 0.326 e. The van der Waals surface area contributed by atoms with Crippen molar-refractivity contribution in [2.75, 3.05) is 17.3 Å². The van der Waals surface area contributed by atoms with Gasteiger partial charge in [-0.2, -0.15) is 11.8 Å². The Kier molecular flexibility index (Phi) is 4.47. The SMILES string of the molecule is CSCC[C@H]1[NH2+][C@]2(C(=O)Nc3ccc(F)cc32)[C@H]2C(=O)N(C3CCCC3)C(=O)[C@H]12. The van der Waals surface area contributed by atoms with Gasteiger partial charge in [-0.1, -0.05) is 12.8 Å². The quantitative estimate of drug-likeness (QED) is 0.721. The van der Waals surface area contributed by atoms with Crippen LogP contribution in [0.5, 0.6) is 0 Å². The molecule has 3 N–H and O–H groups in total. The van der Waals surface area contributed by atoms with Crippen LogP contribution in [0.15, 0.2) is 18.2 Å². The van der Waals surface area contributed by atoms with Crippen LogP contribution in [-0.2, 0) is 19.9 Å². The van der Waals surface area contributed by atoms with Crippen LogP contribution in [0.1, 0.15) is 37.7 Å². The average Bonchev–Trinajstić information content (AvgIpc) is 3.43. The molecule has 3 aliphatic heterocycles. The molecule has 0 unspecified atom stereocenters. The van der Waals surface area contributed by atoms with Gasteiger partial charge in [-0.05, 0) is 43.0 Å². The monoisotopic (exact) mass is 418 g/mol. The number of amides is 3. The molecule has 5 rings (SSSR count). The number of halogens is 1. The Hall–Kier alpha value is -1.93. The van der Waals surface area contributed by atoms with Crippen molar-refractivity contribution < 1.29 is 24.1 Å². The van der Waals surface area contributed by atoms with Crippen molar-refractivity contribution in [1.29, 1.82) is 0 Å². The van der Waals surface area contributed by atoms with Crippen LogP contribution in [0, 0.1) is 17.7 Å². The second-order valence-corrected chi connectivity index (χ2v) is 9.60. The molecule has 1 aromatic rings. The van der Waals surface area contributed by atoms with E-state index in [1.165, 1.54) is 17.0 Å². The zero-order valence-electron chi connectivity index (χ0n) is 16.3. The summed E-state index contributed by atoms with van der Waals surface area (Å²) in [5.74, 6) is -1.61. The number of hydrogen-bond acceptors (Lipinski definition) is 4. The Balaban J connectivity index is 1.63. The molecule has 29 heavy (non-hydrogen) atoms. The molecule has 3 amide bonds. The van der Waals surface area contributed by atoms with Crippen molar-refractivity contribution in [1.82, 2.24) is 4.90 Å². The fraction of sp³-hybridized carbons (Fsp3) is 0.571. The van der Waals surface area contributed by atoms with E-state index in [4.69, 9.17) is 0 Å². The van der Waals surface area contributed by atoms with E-state index in [2.05, 4.69) is 5.32 Å². The minimum atomic E-state index is -1.26. The number of nitrogens with two attached hydrogens (primary N) is 1. The molecule has 154 valence electrons. The maximum absolute atomic E-state index is 14.1. The molecule has 4 atom stereocenters. The Morgan fingerprint density at radius 1 is 1.24 bits per heavy atom. The second kappa shape index (κ2) is 6.80. The van der Waals surface area contributed by atoms with Gasteiger partial charge in [0.2, 0.25) is 17.4 Å². The fourth-order valence-corrected chi connectivity index (χ4v) is 6.51. The summed E-state index contributed by atoms with van der Waals surface area (Å²) in [6.07, 6.45) is 6.42. The third-order valence-electron chi connectivity index (χ3n) is 7.21. The molecule has 1 aliphatic carbocycles. The molecule has 0 aromatic heterocycles. The molecule has 1 aromatic carbocycles. The highest BCUT2D eigenvalue weighted by Gasteiger charge is 2.74. The van der Waals surface area contributed by atoms with Gasteiger partial charge in [0.15, 0.2) is 0 Å². The van der Waals surface area contributed by atoms with Gasteiger partial charge < -0.3 is 10.6 Å². The summed E-state index contributed by atoms with van der Waals surface area (Å²) in [5, 5.41) is 4.73. The summed E-state index contributed by atoms with van der Waals surface area (Å²) >= 11 is 1.68. The molecule has 1 saturated carbocycles. The van der Waals surface area contributed by atoms with Gasteiger partial charge in [-0.25, -0.2) is 4.39 Å². The number of fused-ring (bicyclic) bond motifs is 4. The predicted molar refractivity (Wildman–Crippen MR) is 107 cm³/mol. The standard InChI is InChI=1S/C21H24FN3O3S/c1-29-9-8-15-16-17(19(27)25(18(16)26)12-4-2-3-5-12)21(24-15)13-10-11(22)6-7-14(13)23-20(21)28/h6-7,10,12,15-17,24H,2-5,8-9H2,1H3,(H,23,28)/p+1/t15-,16-,17-,21+/m1/s1. The molecule has 3 heterocycles. The van der Waals surface area contributed by atoms with Crippen LogP contribution in [0.25, 0.3) is 0 Å². The van der Waals surface area contributed by atoms with Crippen molar-refractivity contribution in [2.45, 2.75) is 49.7 Å². The topological polar surface area (TPSA) is 83.1 Å². The normalized spacial score (nSPS) is 33.7. The molecular formula is C21H25FN3O3S+. The molecule has 3 fully saturated rings. The summed E-state index contributed by atoms with van der Waals surface area (Å²) < 4.78 is 14.1. The highest BCUT2D eigenvalue weighted by atomic mass is 32.2. The Morgan fingerprint density at radius 3 is 2.72 bits per heavy atom. The van der Waals surface area contributed by atoms with Crippen molar-refractivity contribution >= 4 is 35.2 Å². The van der Waals surface area contributed by atoms with Crippen LogP contribution in [0.4, 0.5) is 10.1 Å². The van der Waals surface area contributed by atoms with Crippen LogP contribution in [0.3, 0.4) is 0 Å². The summed E-state index contributed by atoms with van der Waals surface area (Å²) in [4.78, 5) is 41.8. The summed E-state index contributed by atoms with van der Waals surface area (Å²) in [6, 6.07) is 3.98. The van der Waals surface area contributed by atoms with Crippen LogP contribution < -0.4 is 10.6 Å². The Bertz CT molecular complexity index is 903. The molecule has 8 heteroatoms. The number of likely N-dealkylation sites (tertiary alicyclic amines) is 1. The first-order valence-corrected chi connectivity index (χ1v) is 11.7. The number of hydrogen-bond donors (Lipinski definition) is 2. The summed E-state index contributed by atoms with van der Waals surface area (Å²) in [6.45, 7) is 0. The van der Waals surface area contributed by atoms with Crippen LogP contribution in [0.2, 0.25) is 0 Å². The third-order valence-corrected chi connectivity index (χ3v) is 7.85. The number of anilines is 1. The minimum absolute atomic E-state index is 0.0599. The zero-order valence-corrected chi connectivity index (χ0v) is 17.1. The zero-order chi connectivity index (χ0) is 20.3. The van der Waals surface area contributed by atoms with Crippen molar-refractivity contribution in [3.8, 4) is 0 Å². The van der Waals surface area contributed by atoms with E-state index in [-0.39, 0.29) is 29.8 Å². The first-order valence-electron chi connectivity index (χ1n) is 10.3. The van der Waals surface area contributed by atoms with E-state index in [1.807, 2.05) is 11.6 Å². The van der Waals surface area contributed by atoms with Gasteiger partial charge in [0.1, 0.15) is 23.7 Å². The lowest BCUT2D eigenvalue weighted by molar-refractivity contribution is -0.733. The van der Waals surface area contributed by atoms with Crippen LogP contribution >= 0.6 is 11.8 Å². The van der Waals surface area contributed by atoms with Crippen molar-refractivity contribution in [3.05, 3.63) is 29.6 Å². The molecule has 6 nitrogen and oxygen atoms in total. The van der Waals surface area contributed by atoms with E-state index in [0.29, 0.717) is 11.3 Å². The van der Waals surface area contributed by atoms with E-state index >= 15 is 0 Å². The highest BCUT2D eigenvalue weighted by Crippen LogP contribution is 2.50. The molecule has 0 radical (unpaired) electrons. The average molecular weight is 419 g/mol. The van der Waals surface area contributed by atoms with Crippen molar-refractivity contribution in [2.24, 2.45) is 11.8 Å². The maximum atomic E-state index is 14.1. The van der Waals surface area contributed by atoms with E-state index in [0.717, 1.165) is 37.9 Å². The molecule has 1 spiro atoms. The Labute approximate surface area is 173 Å². The van der Waals surface area contributed by atoms with E-state index < -0.39 is 23.2 Å². The lowest BCUT2D eigenvalue weighted by Gasteiger charge is -2.28. The van der Waals surface area contributed by atoms with E-state index in [1.54, 1.807) is 17.8 Å². The third kappa shape index (κ3) is 2.54. The predicted octanol–water partition coefficient (Wildman–Crippen LogP) is 1.22. The fourth-order valence-electron chi connectivity index (χ4n) is 6.00. The second-order valence-electron chi connectivity index (χ2n) is 8.61. The number of thioether (sulfide) groups is 1. The molecule has 4 aliphatic rings. The lowest BCUT2D eigenvalue weighted by atomic mass is 9.76. The first kappa shape index (κ1) is 19.1. The maximum Gasteiger partial charge on any atom is 0.291 e. The highest BCUT2D eigenvalue weighted by molar-refractivity contribution is 7.98. The number of carbonyl (C=O) groups is 3. The van der Waals surface area contributed by atoms with Gasteiger partial charge in [-0.15, -0.1) is 0 Å². The van der Waals surface area contributed by atoms with Gasteiger partial charge in [0, 0.05) is 18.0 Å². The summed E-state index contributed by atoms with van der Waals surface area (Å²) in [5.41, 5.74) is -0.222. The number of rotatable bonds is 4. The molecule has 2 saturated heterocycles. The van der Waals surface area contributed by atoms with Crippen molar-refractivity contribution in [3.63, 3.8) is 0 Å². The number of benzene rings is 1. The first-order chi connectivity index (χ1) is 14.0. The lowest BCUT2D eigenvalue weighted by Crippen LogP contribution is -2.99. The van der Waals surface area contributed by atoms with Gasteiger partial charge in [0.05, 0.1) is 5.69 Å². The van der Waals surface area contributed by atoms with Gasteiger partial charge in [0.25, 0.3) is 5.91 Å². The Morgan fingerprint density at radius 2 is 2.00 bits per heavy atom. The van der Waals surface area contributed by atoms with Crippen LogP contribution in [-0.4, -0.2) is 46.7 Å². The number of imide groups is 1. The van der Waals surface area contributed by atoms with Gasteiger partial charge in [-0.3, -0.25) is 19.3 Å².